The largest absolute Gasteiger partial charge is 0.387 e. The molecule has 0 aromatic heterocycles. The zero-order chi connectivity index (χ0) is 13.9. The van der Waals surface area contributed by atoms with Gasteiger partial charge in [0.15, 0.2) is 0 Å². The lowest BCUT2D eigenvalue weighted by Crippen LogP contribution is -2.29. The molecule has 2 N–H and O–H groups in total. The van der Waals surface area contributed by atoms with Gasteiger partial charge in [-0.15, -0.1) is 0 Å². The Balaban J connectivity index is 2.15. The number of hydrogen-bond donors (Lipinski definition) is 2. The van der Waals surface area contributed by atoms with Crippen molar-refractivity contribution in [3.63, 3.8) is 0 Å². The lowest BCUT2D eigenvalue weighted by molar-refractivity contribution is 0.182. The van der Waals surface area contributed by atoms with Crippen molar-refractivity contribution < 1.29 is 13.5 Å². The van der Waals surface area contributed by atoms with Crippen molar-refractivity contribution in [2.75, 3.05) is 12.3 Å². The van der Waals surface area contributed by atoms with Gasteiger partial charge in [-0.3, -0.25) is 0 Å². The molecular weight excluding hydrogens is 262 g/mol. The van der Waals surface area contributed by atoms with Crippen LogP contribution in [0, 0.1) is 0 Å². The second-order valence-electron chi connectivity index (χ2n) is 4.37. The molecule has 0 spiro atoms. The predicted molar refractivity (Wildman–Crippen MR) is 76.4 cm³/mol. The molecule has 0 amide bonds. The molecule has 0 aliphatic heterocycles. The highest BCUT2D eigenvalue weighted by molar-refractivity contribution is 7.89. The summed E-state index contributed by atoms with van der Waals surface area (Å²) in [6.45, 7) is 1.55. The first-order chi connectivity index (χ1) is 9.02. The minimum atomic E-state index is -3.28. The standard InChI is InChI=1S/C14H17NO3S/c1-2-19(17,18)15-10-14(16)13-8-7-11-5-3-4-6-12(11)9-13/h3-9,14-16H,2,10H2,1H3. The number of nitrogens with one attached hydrogen (secondary N) is 1. The molecule has 0 saturated carbocycles. The molecule has 102 valence electrons. The van der Waals surface area contributed by atoms with Gasteiger partial charge < -0.3 is 5.11 Å². The molecule has 1 unspecified atom stereocenters. The molecule has 2 aromatic carbocycles. The first kappa shape index (κ1) is 14.0. The molecule has 0 saturated heterocycles. The fraction of sp³-hybridized carbons (Fsp3) is 0.286. The summed E-state index contributed by atoms with van der Waals surface area (Å²) in [6.07, 6.45) is -0.842. The van der Waals surface area contributed by atoms with Crippen LogP contribution in [0.4, 0.5) is 0 Å². The quantitative estimate of drug-likeness (QED) is 0.877. The lowest BCUT2D eigenvalue weighted by atomic mass is 10.0. The van der Waals surface area contributed by atoms with E-state index in [0.29, 0.717) is 5.56 Å². The lowest BCUT2D eigenvalue weighted by Gasteiger charge is -2.12. The Hall–Kier alpha value is -1.43. The van der Waals surface area contributed by atoms with Crippen molar-refractivity contribution >= 4 is 20.8 Å². The topological polar surface area (TPSA) is 66.4 Å². The zero-order valence-corrected chi connectivity index (χ0v) is 11.5. The third kappa shape index (κ3) is 3.53. The van der Waals surface area contributed by atoms with Gasteiger partial charge in [-0.05, 0) is 29.3 Å². The van der Waals surface area contributed by atoms with Gasteiger partial charge in [-0.2, -0.15) is 0 Å². The number of aliphatic hydroxyl groups is 1. The molecular formula is C14H17NO3S. The number of sulfonamides is 1. The van der Waals surface area contributed by atoms with Gasteiger partial charge in [-0.1, -0.05) is 36.4 Å². The van der Waals surface area contributed by atoms with E-state index in [4.69, 9.17) is 0 Å². The maximum atomic E-state index is 11.3. The summed E-state index contributed by atoms with van der Waals surface area (Å²) in [5.74, 6) is 0.0113. The first-order valence-electron chi connectivity index (χ1n) is 6.16. The third-order valence-electron chi connectivity index (χ3n) is 3.03. The van der Waals surface area contributed by atoms with Gasteiger partial charge in [0.05, 0.1) is 11.9 Å². The molecule has 0 heterocycles. The molecule has 2 aromatic rings. The Bertz CT molecular complexity index is 667. The van der Waals surface area contributed by atoms with E-state index in [0.717, 1.165) is 10.8 Å². The minimum Gasteiger partial charge on any atom is -0.387 e. The highest BCUT2D eigenvalue weighted by Gasteiger charge is 2.12. The summed E-state index contributed by atoms with van der Waals surface area (Å²) in [5, 5.41) is 12.1. The average Bonchev–Trinajstić information content (AvgIpc) is 2.44. The summed E-state index contributed by atoms with van der Waals surface area (Å²) in [7, 11) is -3.28. The van der Waals surface area contributed by atoms with Gasteiger partial charge in [-0.25, -0.2) is 13.1 Å². The smallest absolute Gasteiger partial charge is 0.211 e. The Morgan fingerprint density at radius 2 is 1.84 bits per heavy atom. The number of benzene rings is 2. The molecule has 1 atom stereocenters. The van der Waals surface area contributed by atoms with Crippen LogP contribution >= 0.6 is 0 Å². The van der Waals surface area contributed by atoms with Crippen LogP contribution < -0.4 is 4.72 Å². The normalized spacial score (nSPS) is 13.6. The van der Waals surface area contributed by atoms with Crippen LogP contribution in [0.3, 0.4) is 0 Å². The highest BCUT2D eigenvalue weighted by Crippen LogP contribution is 2.20. The van der Waals surface area contributed by atoms with Crippen LogP contribution in [0.15, 0.2) is 42.5 Å². The van der Waals surface area contributed by atoms with Crippen LogP contribution in [0.5, 0.6) is 0 Å². The van der Waals surface area contributed by atoms with E-state index >= 15 is 0 Å². The van der Waals surface area contributed by atoms with E-state index in [1.54, 1.807) is 6.92 Å². The van der Waals surface area contributed by atoms with Crippen molar-refractivity contribution in [3.8, 4) is 0 Å². The van der Waals surface area contributed by atoms with Gasteiger partial charge in [0.2, 0.25) is 10.0 Å². The van der Waals surface area contributed by atoms with Crippen LogP contribution in [0.25, 0.3) is 10.8 Å². The SMILES string of the molecule is CCS(=O)(=O)NCC(O)c1ccc2ccccc2c1. The maximum absolute atomic E-state index is 11.3. The first-order valence-corrected chi connectivity index (χ1v) is 7.81. The second-order valence-corrected chi connectivity index (χ2v) is 6.47. The Labute approximate surface area is 113 Å². The molecule has 0 fully saturated rings. The number of hydrogen-bond acceptors (Lipinski definition) is 3. The second kappa shape index (κ2) is 5.69. The van der Waals surface area contributed by atoms with Crippen molar-refractivity contribution in [3.05, 3.63) is 48.0 Å². The monoisotopic (exact) mass is 279 g/mol. The molecule has 0 aliphatic carbocycles. The van der Waals surface area contributed by atoms with Crippen molar-refractivity contribution in [1.82, 2.24) is 4.72 Å². The maximum Gasteiger partial charge on any atom is 0.211 e. The van der Waals surface area contributed by atoms with E-state index < -0.39 is 16.1 Å². The molecule has 0 aliphatic rings. The fourth-order valence-corrected chi connectivity index (χ4v) is 2.46. The van der Waals surface area contributed by atoms with E-state index in [9.17, 15) is 13.5 Å². The number of fused-ring (bicyclic) bond motifs is 1. The average molecular weight is 279 g/mol. The van der Waals surface area contributed by atoms with Crippen LogP contribution in [0.1, 0.15) is 18.6 Å². The van der Waals surface area contributed by atoms with Crippen molar-refractivity contribution in [1.29, 1.82) is 0 Å². The zero-order valence-electron chi connectivity index (χ0n) is 10.7. The fourth-order valence-electron chi connectivity index (χ4n) is 1.84. The molecule has 0 radical (unpaired) electrons. The van der Waals surface area contributed by atoms with E-state index in [1.165, 1.54) is 0 Å². The molecule has 0 bridgehead atoms. The summed E-state index contributed by atoms with van der Waals surface area (Å²) < 4.78 is 25.0. The summed E-state index contributed by atoms with van der Waals surface area (Å²) in [4.78, 5) is 0. The van der Waals surface area contributed by atoms with E-state index in [1.807, 2.05) is 42.5 Å². The Morgan fingerprint density at radius 1 is 1.16 bits per heavy atom. The minimum absolute atomic E-state index is 0.00544. The number of rotatable bonds is 5. The molecule has 2 rings (SSSR count). The highest BCUT2D eigenvalue weighted by atomic mass is 32.2. The van der Waals surface area contributed by atoms with E-state index in [-0.39, 0.29) is 12.3 Å². The van der Waals surface area contributed by atoms with Crippen molar-refractivity contribution in [2.24, 2.45) is 0 Å². The summed E-state index contributed by atoms with van der Waals surface area (Å²) >= 11 is 0. The summed E-state index contributed by atoms with van der Waals surface area (Å²) in [6, 6.07) is 13.4. The predicted octanol–water partition coefficient (Wildman–Crippen LogP) is 1.81. The molecule has 5 heteroatoms. The molecule has 4 nitrogen and oxygen atoms in total. The van der Waals surface area contributed by atoms with Crippen molar-refractivity contribution in [2.45, 2.75) is 13.0 Å². The van der Waals surface area contributed by atoms with E-state index in [2.05, 4.69) is 4.72 Å². The van der Waals surface area contributed by atoms with Crippen LogP contribution in [0.2, 0.25) is 0 Å². The Morgan fingerprint density at radius 3 is 2.53 bits per heavy atom. The molecule has 19 heavy (non-hydrogen) atoms. The third-order valence-corrected chi connectivity index (χ3v) is 4.40. The number of aliphatic hydroxyl groups excluding tert-OH is 1. The van der Waals surface area contributed by atoms with Gasteiger partial charge in [0, 0.05) is 6.54 Å². The van der Waals surface area contributed by atoms with Gasteiger partial charge in [0.1, 0.15) is 0 Å². The van der Waals surface area contributed by atoms with Gasteiger partial charge in [0.25, 0.3) is 0 Å². The van der Waals surface area contributed by atoms with Crippen LogP contribution in [-0.2, 0) is 10.0 Å². The Kier molecular flexibility index (Phi) is 4.19. The van der Waals surface area contributed by atoms with Crippen LogP contribution in [-0.4, -0.2) is 25.8 Å². The summed E-state index contributed by atoms with van der Waals surface area (Å²) in [5.41, 5.74) is 0.706. The van der Waals surface area contributed by atoms with Gasteiger partial charge >= 0.3 is 0 Å².